The first kappa shape index (κ1) is 38.6. The van der Waals surface area contributed by atoms with Gasteiger partial charge in [-0.3, -0.25) is 14.4 Å². The molecule has 2 aliphatic rings. The van der Waals surface area contributed by atoms with Crippen molar-refractivity contribution in [3.05, 3.63) is 93.0 Å². The van der Waals surface area contributed by atoms with Crippen LogP contribution in [0.1, 0.15) is 60.0 Å². The lowest BCUT2D eigenvalue weighted by Crippen LogP contribution is -2.53. The first-order chi connectivity index (χ1) is 25.5. The van der Waals surface area contributed by atoms with Gasteiger partial charge in [0.25, 0.3) is 0 Å². The minimum absolute atomic E-state index is 0.0190. The predicted octanol–water partition coefficient (Wildman–Crippen LogP) is 8.30. The number of fused-ring (bicyclic) bond motifs is 1. The van der Waals surface area contributed by atoms with Crippen LogP contribution in [0.15, 0.2) is 75.3 Å². The van der Waals surface area contributed by atoms with Crippen LogP contribution in [0, 0.1) is 5.92 Å². The molecule has 0 saturated carbocycles. The molecule has 4 aromatic rings. The summed E-state index contributed by atoms with van der Waals surface area (Å²) in [6.45, 7) is 1.65. The highest BCUT2D eigenvalue weighted by Crippen LogP contribution is 2.56. The smallest absolute Gasteiger partial charge is 0.249 e. The van der Waals surface area contributed by atoms with Crippen LogP contribution in [-0.4, -0.2) is 70.8 Å². The van der Waals surface area contributed by atoms with Crippen molar-refractivity contribution >= 4 is 64.2 Å². The number of amides is 1. The topological polar surface area (TPSA) is 150 Å². The molecule has 1 spiro atoms. The number of rotatable bonds is 13. The molecule has 1 aromatic heterocycles. The zero-order valence-electron chi connectivity index (χ0n) is 29.5. The Morgan fingerprint density at radius 3 is 2.47 bits per heavy atom. The van der Waals surface area contributed by atoms with E-state index in [0.29, 0.717) is 28.3 Å². The molecule has 0 saturated heterocycles. The number of aliphatic hydroxyl groups is 1. The van der Waals surface area contributed by atoms with Crippen molar-refractivity contribution in [3.63, 3.8) is 0 Å². The molecule has 6 rings (SSSR count). The lowest BCUT2D eigenvalue weighted by atomic mass is 9.69. The molecular weight excluding hydrogens is 761 g/mol. The number of aliphatic hydroxyl groups excluding tert-OH is 1. The number of nitrogens with one attached hydrogen (secondary N) is 1. The van der Waals surface area contributed by atoms with Crippen LogP contribution in [0.4, 0.5) is 0 Å². The maximum absolute atomic E-state index is 14.4. The van der Waals surface area contributed by atoms with E-state index in [1.54, 1.807) is 49.0 Å². The van der Waals surface area contributed by atoms with Gasteiger partial charge in [0.15, 0.2) is 17.3 Å². The molecular formula is C38H37Cl2N3O8S2. The number of thioether (sulfide) groups is 2. The fraction of sp³-hybridized carbons (Fsp3) is 0.342. The fourth-order valence-corrected chi connectivity index (χ4v) is 8.19. The van der Waals surface area contributed by atoms with Crippen LogP contribution < -0.4 is 19.5 Å². The molecule has 2 N–H and O–H groups in total. The molecule has 0 bridgehead atoms. The number of benzene rings is 3. The lowest BCUT2D eigenvalue weighted by molar-refractivity contribution is -0.122. The van der Waals surface area contributed by atoms with Gasteiger partial charge in [-0.15, -0.1) is 11.8 Å². The summed E-state index contributed by atoms with van der Waals surface area (Å²) in [4.78, 5) is 48.1. The van der Waals surface area contributed by atoms with E-state index in [4.69, 9.17) is 41.9 Å². The van der Waals surface area contributed by atoms with Crippen molar-refractivity contribution in [2.24, 2.45) is 5.92 Å². The molecule has 0 radical (unpaired) electrons. The third-order valence-corrected chi connectivity index (χ3v) is 11.6. The van der Waals surface area contributed by atoms with Crippen molar-refractivity contribution < 1.29 is 38.2 Å². The number of hydrogen-bond acceptors (Lipinski definition) is 12. The van der Waals surface area contributed by atoms with Crippen molar-refractivity contribution in [2.45, 2.75) is 48.6 Å². The average Bonchev–Trinajstić information content (AvgIpc) is 3.77. The zero-order chi connectivity index (χ0) is 38.0. The van der Waals surface area contributed by atoms with Gasteiger partial charge in [-0.05, 0) is 54.5 Å². The second-order valence-corrected chi connectivity index (χ2v) is 15.3. The average molecular weight is 799 g/mol. The highest BCUT2D eigenvalue weighted by atomic mass is 35.5. The van der Waals surface area contributed by atoms with E-state index in [0.717, 1.165) is 4.90 Å². The van der Waals surface area contributed by atoms with Crippen LogP contribution in [0.5, 0.6) is 17.2 Å². The van der Waals surface area contributed by atoms with E-state index in [9.17, 15) is 19.5 Å². The lowest BCUT2D eigenvalue weighted by Gasteiger charge is -2.38. The molecule has 0 fully saturated rings. The van der Waals surface area contributed by atoms with Crippen molar-refractivity contribution in [3.8, 4) is 28.6 Å². The first-order valence-corrected chi connectivity index (χ1v) is 20.0. The highest BCUT2D eigenvalue weighted by Gasteiger charge is 2.61. The Morgan fingerprint density at radius 2 is 1.81 bits per heavy atom. The molecule has 15 heteroatoms. The molecule has 11 nitrogen and oxygen atoms in total. The predicted molar refractivity (Wildman–Crippen MR) is 205 cm³/mol. The van der Waals surface area contributed by atoms with E-state index in [1.807, 2.05) is 30.7 Å². The van der Waals surface area contributed by atoms with Gasteiger partial charge in [0, 0.05) is 46.8 Å². The van der Waals surface area contributed by atoms with Crippen LogP contribution in [0.2, 0.25) is 10.0 Å². The molecule has 4 atom stereocenters. The van der Waals surface area contributed by atoms with Gasteiger partial charge >= 0.3 is 0 Å². The molecule has 1 aliphatic carbocycles. The Kier molecular flexibility index (Phi) is 11.7. The molecule has 2 unspecified atom stereocenters. The summed E-state index contributed by atoms with van der Waals surface area (Å²) in [5, 5.41) is 19.9. The first-order valence-electron chi connectivity index (χ1n) is 16.6. The normalized spacial score (nSPS) is 19.2. The number of methoxy groups -OCH3 is 2. The minimum Gasteiger partial charge on any atom is -0.507 e. The Hall–Kier alpha value is -4.17. The number of ether oxygens (including phenoxy) is 3. The number of carbonyl (C=O) groups excluding carboxylic acids is 3. The quantitative estimate of drug-likeness (QED) is 0.125. The Morgan fingerprint density at radius 1 is 1.09 bits per heavy atom. The van der Waals surface area contributed by atoms with Crippen molar-refractivity contribution in [2.75, 3.05) is 32.5 Å². The number of halogens is 2. The summed E-state index contributed by atoms with van der Waals surface area (Å²) >= 11 is 16.1. The van der Waals surface area contributed by atoms with Gasteiger partial charge in [-0.25, -0.2) is 0 Å². The second kappa shape index (κ2) is 16.1. The number of hydrogen-bond donors (Lipinski definition) is 2. The Labute approximate surface area is 325 Å². The summed E-state index contributed by atoms with van der Waals surface area (Å²) in [6, 6.07) is 15.2. The summed E-state index contributed by atoms with van der Waals surface area (Å²) in [6.07, 6.45) is 3.92. The number of Topliss-reactive ketones (excluding diaryl/α,β-unsaturated/α-hetero) is 2. The molecule has 3 aromatic carbocycles. The van der Waals surface area contributed by atoms with Gasteiger partial charge in [-0.1, -0.05) is 59.5 Å². The van der Waals surface area contributed by atoms with Gasteiger partial charge < -0.3 is 29.2 Å². The van der Waals surface area contributed by atoms with Gasteiger partial charge in [-0.2, -0.15) is 16.7 Å². The number of nitrogens with zero attached hydrogens (tertiary/aromatic N) is 2. The van der Waals surface area contributed by atoms with E-state index in [2.05, 4.69) is 15.5 Å². The largest absolute Gasteiger partial charge is 0.507 e. The maximum Gasteiger partial charge on any atom is 0.249 e. The Balaban J connectivity index is 1.40. The minimum atomic E-state index is -2.01. The monoisotopic (exact) mass is 797 g/mol. The van der Waals surface area contributed by atoms with Gasteiger partial charge in [0.1, 0.15) is 28.1 Å². The fourth-order valence-electron chi connectivity index (χ4n) is 6.82. The summed E-state index contributed by atoms with van der Waals surface area (Å²) in [5.74, 6) is -2.40. The molecule has 1 aliphatic heterocycles. The number of carbonyl (C=O) groups is 3. The number of aromatic nitrogens is 2. The summed E-state index contributed by atoms with van der Waals surface area (Å²) in [7, 11) is 2.80. The Bertz CT molecular complexity index is 2090. The van der Waals surface area contributed by atoms with Crippen molar-refractivity contribution in [1.29, 1.82) is 0 Å². The highest BCUT2D eigenvalue weighted by molar-refractivity contribution is 7.98. The van der Waals surface area contributed by atoms with Crippen LogP contribution in [0.3, 0.4) is 0 Å². The third kappa shape index (κ3) is 7.11. The van der Waals surface area contributed by atoms with Crippen molar-refractivity contribution in [1.82, 2.24) is 15.5 Å². The summed E-state index contributed by atoms with van der Waals surface area (Å²) in [5.41, 5.74) is -0.924. The van der Waals surface area contributed by atoms with Crippen LogP contribution in [0.25, 0.3) is 11.4 Å². The van der Waals surface area contributed by atoms with Gasteiger partial charge in [0.2, 0.25) is 29.0 Å². The standard InChI is InChI=1S/C38H37Cl2N3O8S2/c1-19-16-26(44)30(34(46)38(19)35(47)31-27(48-2)18-28(49-3)32(40)33(31)50-38)23(20-10-12-21(53-5)13-11-20)17-29(45)41-25(14-15-52-4)37-42-36(43-51-37)22-8-6-7-9-24(22)39/h6-13,18-19,23,25,46H,14-17H2,1-5H3,(H,41,45)/t19-,23?,25?,38+/m1/s1. The maximum atomic E-state index is 14.4. The van der Waals surface area contributed by atoms with Crippen LogP contribution >= 0.6 is 46.7 Å². The zero-order valence-corrected chi connectivity index (χ0v) is 32.7. The van der Waals surface area contributed by atoms with E-state index >= 15 is 0 Å². The molecule has 278 valence electrons. The third-order valence-electron chi connectivity index (χ3n) is 9.57. The van der Waals surface area contributed by atoms with Crippen LogP contribution in [-0.2, 0) is 9.59 Å². The van der Waals surface area contributed by atoms with E-state index in [-0.39, 0.29) is 58.0 Å². The van der Waals surface area contributed by atoms with E-state index in [1.165, 1.54) is 32.0 Å². The van der Waals surface area contributed by atoms with E-state index < -0.39 is 46.7 Å². The van der Waals surface area contributed by atoms with Gasteiger partial charge in [0.05, 0.1) is 19.2 Å². The molecule has 2 heterocycles. The SMILES string of the molecule is COc1cc(OC)c2c(c1Cl)O[C@]1(C2=O)C(O)=C(C(CC(=O)NC(CCSC)c2nc(-c3ccccc3Cl)no2)c2ccc(SC)cc2)C(=O)C[C@H]1C. The summed E-state index contributed by atoms with van der Waals surface area (Å²) < 4.78 is 22.9. The number of ketones is 2. The second-order valence-electron chi connectivity index (χ2n) is 12.6. The molecule has 53 heavy (non-hydrogen) atoms. The number of allylic oxidation sites excluding steroid dienone is 1. The molecule has 1 amide bonds.